The van der Waals surface area contributed by atoms with E-state index in [1.165, 1.54) is 24.3 Å². The molecule has 0 bridgehead atoms. The lowest BCUT2D eigenvalue weighted by Crippen LogP contribution is -2.28. The summed E-state index contributed by atoms with van der Waals surface area (Å²) in [5, 5.41) is 41.8. The average molecular weight is 412 g/mol. The molecule has 0 unspecified atom stereocenters. The van der Waals surface area contributed by atoms with Crippen LogP contribution in [-0.2, 0) is 5.41 Å². The molecular formula is C25H20N2O4. The zero-order valence-corrected chi connectivity index (χ0v) is 16.4. The Hall–Kier alpha value is -4.32. The summed E-state index contributed by atoms with van der Waals surface area (Å²) in [6.07, 6.45) is 0. The van der Waals surface area contributed by atoms with Crippen LogP contribution in [0.25, 0.3) is 11.1 Å². The van der Waals surface area contributed by atoms with Crippen molar-refractivity contribution in [1.82, 2.24) is 0 Å². The van der Waals surface area contributed by atoms with Gasteiger partial charge < -0.3 is 31.9 Å². The highest BCUT2D eigenvalue weighted by atomic mass is 16.3. The van der Waals surface area contributed by atoms with Crippen LogP contribution in [0.15, 0.2) is 72.8 Å². The number of nitrogens with two attached hydrogens (primary N) is 2. The molecule has 1 aliphatic rings. The fraction of sp³-hybridized carbons (Fsp3) is 0.0400. The second kappa shape index (κ2) is 6.34. The molecule has 6 heteroatoms. The summed E-state index contributed by atoms with van der Waals surface area (Å²) < 4.78 is 0. The van der Waals surface area contributed by atoms with Crippen molar-refractivity contribution in [1.29, 1.82) is 0 Å². The fourth-order valence-corrected chi connectivity index (χ4v) is 4.70. The molecular weight excluding hydrogens is 392 g/mol. The summed E-state index contributed by atoms with van der Waals surface area (Å²) >= 11 is 0. The summed E-state index contributed by atoms with van der Waals surface area (Å²) in [4.78, 5) is 0. The standard InChI is InChI=1S/C25H20N2O4/c26-23-19(28)9-13(10-20(23)29)25(14-11-21(30)24(27)22(31)12-14)17-7-3-1-5-15(17)16-6-2-4-8-18(16)25/h1-12,28-31H,26-27H2. The molecule has 0 radical (unpaired) electrons. The van der Waals surface area contributed by atoms with Gasteiger partial charge in [-0.2, -0.15) is 0 Å². The van der Waals surface area contributed by atoms with E-state index in [2.05, 4.69) is 0 Å². The molecule has 1 aliphatic carbocycles. The Kier molecular flexibility index (Phi) is 3.82. The molecule has 0 spiro atoms. The van der Waals surface area contributed by atoms with Crippen molar-refractivity contribution in [2.24, 2.45) is 0 Å². The first-order valence-corrected chi connectivity index (χ1v) is 9.69. The van der Waals surface area contributed by atoms with E-state index < -0.39 is 5.41 Å². The SMILES string of the molecule is Nc1c(O)cc(C2(c3cc(O)c(N)c(O)c3)c3ccccc3-c3ccccc32)cc1O. The van der Waals surface area contributed by atoms with Crippen LogP contribution in [0.1, 0.15) is 22.3 Å². The maximum atomic E-state index is 10.4. The molecule has 4 aromatic carbocycles. The van der Waals surface area contributed by atoms with Crippen molar-refractivity contribution in [2.45, 2.75) is 5.41 Å². The van der Waals surface area contributed by atoms with E-state index in [-0.39, 0.29) is 34.4 Å². The van der Waals surface area contributed by atoms with Crippen LogP contribution >= 0.6 is 0 Å². The summed E-state index contributed by atoms with van der Waals surface area (Å²) in [7, 11) is 0. The van der Waals surface area contributed by atoms with Gasteiger partial charge >= 0.3 is 0 Å². The van der Waals surface area contributed by atoms with Crippen LogP contribution in [0.4, 0.5) is 11.4 Å². The number of hydrogen-bond donors (Lipinski definition) is 6. The van der Waals surface area contributed by atoms with Crippen molar-refractivity contribution < 1.29 is 20.4 Å². The van der Waals surface area contributed by atoms with Crippen LogP contribution in [0, 0.1) is 0 Å². The van der Waals surface area contributed by atoms with Crippen molar-refractivity contribution in [2.75, 3.05) is 11.5 Å². The van der Waals surface area contributed by atoms with Gasteiger partial charge in [0.25, 0.3) is 0 Å². The maximum Gasteiger partial charge on any atom is 0.142 e. The van der Waals surface area contributed by atoms with Gasteiger partial charge in [-0.05, 0) is 57.6 Å². The second-order valence-corrected chi connectivity index (χ2v) is 7.70. The van der Waals surface area contributed by atoms with E-state index in [4.69, 9.17) is 11.5 Å². The van der Waals surface area contributed by atoms with E-state index >= 15 is 0 Å². The molecule has 154 valence electrons. The smallest absolute Gasteiger partial charge is 0.142 e. The Labute approximate surface area is 178 Å². The van der Waals surface area contributed by atoms with Gasteiger partial charge in [-0.1, -0.05) is 48.5 Å². The second-order valence-electron chi connectivity index (χ2n) is 7.70. The predicted molar refractivity (Wildman–Crippen MR) is 119 cm³/mol. The zero-order chi connectivity index (χ0) is 21.9. The Morgan fingerprint density at radius 1 is 0.516 bits per heavy atom. The Balaban J connectivity index is 2.00. The molecule has 0 amide bonds. The molecule has 8 N–H and O–H groups in total. The van der Waals surface area contributed by atoms with Crippen molar-refractivity contribution in [3.05, 3.63) is 95.1 Å². The number of fused-ring (bicyclic) bond motifs is 3. The first-order chi connectivity index (χ1) is 14.9. The number of hydrogen-bond acceptors (Lipinski definition) is 6. The number of anilines is 2. The third-order valence-electron chi connectivity index (χ3n) is 6.09. The van der Waals surface area contributed by atoms with Gasteiger partial charge in [-0.25, -0.2) is 0 Å². The Morgan fingerprint density at radius 3 is 1.19 bits per heavy atom. The molecule has 0 fully saturated rings. The van der Waals surface area contributed by atoms with Crippen LogP contribution in [0.3, 0.4) is 0 Å². The van der Waals surface area contributed by atoms with Gasteiger partial charge in [0.05, 0.1) is 5.41 Å². The number of benzene rings is 4. The zero-order valence-electron chi connectivity index (χ0n) is 16.4. The molecule has 6 nitrogen and oxygen atoms in total. The highest BCUT2D eigenvalue weighted by molar-refractivity contribution is 5.87. The van der Waals surface area contributed by atoms with E-state index in [1.54, 1.807) is 0 Å². The van der Waals surface area contributed by atoms with Gasteiger partial charge in [0.1, 0.15) is 34.4 Å². The molecule has 4 aromatic rings. The van der Waals surface area contributed by atoms with Gasteiger partial charge in [0, 0.05) is 0 Å². The monoisotopic (exact) mass is 412 g/mol. The van der Waals surface area contributed by atoms with E-state index in [9.17, 15) is 20.4 Å². The summed E-state index contributed by atoms with van der Waals surface area (Å²) in [6.45, 7) is 0. The molecule has 0 saturated heterocycles. The molecule has 0 atom stereocenters. The molecule has 0 saturated carbocycles. The largest absolute Gasteiger partial charge is 0.506 e. The molecule has 0 heterocycles. The summed E-state index contributed by atoms with van der Waals surface area (Å²) in [6, 6.07) is 21.5. The lowest BCUT2D eigenvalue weighted by atomic mass is 9.67. The van der Waals surface area contributed by atoms with Crippen molar-refractivity contribution in [3.8, 4) is 34.1 Å². The number of phenolic OH excluding ortho intramolecular Hbond substituents is 4. The normalized spacial score (nSPS) is 13.5. The highest BCUT2D eigenvalue weighted by Crippen LogP contribution is 2.58. The van der Waals surface area contributed by atoms with E-state index in [0.717, 1.165) is 22.3 Å². The fourth-order valence-electron chi connectivity index (χ4n) is 4.70. The van der Waals surface area contributed by atoms with Crippen LogP contribution in [-0.4, -0.2) is 20.4 Å². The summed E-state index contributed by atoms with van der Waals surface area (Å²) in [5.41, 5.74) is 15.0. The molecule has 31 heavy (non-hydrogen) atoms. The lowest BCUT2D eigenvalue weighted by molar-refractivity contribution is 0.451. The number of rotatable bonds is 2. The first-order valence-electron chi connectivity index (χ1n) is 9.69. The van der Waals surface area contributed by atoms with Crippen LogP contribution in [0.5, 0.6) is 23.0 Å². The first kappa shape index (κ1) is 18.7. The third kappa shape index (κ3) is 2.39. The maximum absolute atomic E-state index is 10.4. The average Bonchev–Trinajstić information content (AvgIpc) is 3.06. The van der Waals surface area contributed by atoms with E-state index in [1.807, 2.05) is 48.5 Å². The number of phenols is 4. The van der Waals surface area contributed by atoms with Crippen LogP contribution < -0.4 is 11.5 Å². The predicted octanol–water partition coefficient (Wildman–Crippen LogP) is 4.04. The quantitative estimate of drug-likeness (QED) is 0.192. The topological polar surface area (TPSA) is 133 Å². The lowest BCUT2D eigenvalue weighted by Gasteiger charge is -2.34. The molecule has 0 aliphatic heterocycles. The summed E-state index contributed by atoms with van der Waals surface area (Å²) in [5.74, 6) is -1.06. The van der Waals surface area contributed by atoms with Crippen molar-refractivity contribution >= 4 is 11.4 Å². The molecule has 0 aromatic heterocycles. The van der Waals surface area contributed by atoms with Crippen LogP contribution in [0.2, 0.25) is 0 Å². The highest BCUT2D eigenvalue weighted by Gasteiger charge is 2.47. The van der Waals surface area contributed by atoms with Gasteiger partial charge in [-0.3, -0.25) is 0 Å². The Morgan fingerprint density at radius 2 is 0.839 bits per heavy atom. The van der Waals surface area contributed by atoms with Gasteiger partial charge in [-0.15, -0.1) is 0 Å². The molecule has 5 rings (SSSR count). The minimum Gasteiger partial charge on any atom is -0.506 e. The minimum atomic E-state index is -1.06. The third-order valence-corrected chi connectivity index (χ3v) is 6.09. The van der Waals surface area contributed by atoms with Gasteiger partial charge in [0.2, 0.25) is 0 Å². The minimum absolute atomic E-state index is 0.124. The van der Waals surface area contributed by atoms with E-state index in [0.29, 0.717) is 11.1 Å². The van der Waals surface area contributed by atoms with Crippen molar-refractivity contribution in [3.63, 3.8) is 0 Å². The Bertz CT molecular complexity index is 1210. The van der Waals surface area contributed by atoms with Gasteiger partial charge in [0.15, 0.2) is 0 Å². The number of nitrogen functional groups attached to an aromatic ring is 2. The number of aromatic hydroxyl groups is 4.